The zero-order valence-electron chi connectivity index (χ0n) is 18.3. The van der Waals surface area contributed by atoms with Gasteiger partial charge in [-0.3, -0.25) is 0 Å². The summed E-state index contributed by atoms with van der Waals surface area (Å²) in [4.78, 5) is 15.4. The first-order chi connectivity index (χ1) is 15.7. The van der Waals surface area contributed by atoms with Gasteiger partial charge in [-0.05, 0) is 36.8 Å². The number of ether oxygens (including phenoxy) is 2. The van der Waals surface area contributed by atoms with E-state index in [0.29, 0.717) is 17.1 Å². The number of benzene rings is 3. The van der Waals surface area contributed by atoms with E-state index in [0.717, 1.165) is 41.9 Å². The van der Waals surface area contributed by atoms with Gasteiger partial charge < -0.3 is 14.4 Å². The summed E-state index contributed by atoms with van der Waals surface area (Å²) < 4.78 is 12.4. The van der Waals surface area contributed by atoms with Gasteiger partial charge in [0.05, 0.1) is 5.56 Å². The van der Waals surface area contributed by atoms with Crippen LogP contribution in [0.4, 0.5) is 5.69 Å². The number of rotatable bonds is 7. The summed E-state index contributed by atoms with van der Waals surface area (Å²) in [6.45, 7) is 7.84. The van der Waals surface area contributed by atoms with Gasteiger partial charge in [0.2, 0.25) is 0 Å². The summed E-state index contributed by atoms with van der Waals surface area (Å²) in [5, 5.41) is 0. The predicted octanol–water partition coefficient (Wildman–Crippen LogP) is 6.44. The molecule has 0 N–H and O–H groups in total. The molecule has 0 saturated heterocycles. The highest BCUT2D eigenvalue weighted by Gasteiger charge is 2.53. The maximum atomic E-state index is 13.1. The van der Waals surface area contributed by atoms with Gasteiger partial charge in [0.1, 0.15) is 11.5 Å². The third kappa shape index (κ3) is 3.10. The van der Waals surface area contributed by atoms with Crippen LogP contribution in [0, 0.1) is 0 Å². The molecule has 32 heavy (non-hydrogen) atoms. The van der Waals surface area contributed by atoms with Gasteiger partial charge in [0.25, 0.3) is 0 Å². The first-order valence-electron chi connectivity index (χ1n) is 11.3. The SMILES string of the molecule is C=CCN(CCCCC)c1ccc2c(c1)C1(OC2=O)c2ccccc2Oc2ccccc21. The van der Waals surface area contributed by atoms with E-state index in [4.69, 9.17) is 9.47 Å². The Morgan fingerprint density at radius 3 is 2.28 bits per heavy atom. The standard InChI is InChI=1S/C28H27NO3/c1-3-5-10-18-29(17-4-2)20-15-16-21-24(19-20)28(32-27(21)30)22-11-6-8-13-25(22)31-26-14-9-7-12-23(26)28/h4,6-9,11-16,19H,2-3,5,10,17-18H2,1H3. The molecule has 0 fully saturated rings. The Balaban J connectivity index is 1.69. The number of unbranched alkanes of at least 4 members (excludes halogenated alkanes) is 2. The Morgan fingerprint density at radius 2 is 1.62 bits per heavy atom. The van der Waals surface area contributed by atoms with Crippen LogP contribution in [0.15, 0.2) is 79.4 Å². The monoisotopic (exact) mass is 425 g/mol. The fourth-order valence-corrected chi connectivity index (χ4v) is 4.84. The molecule has 2 heterocycles. The second-order valence-corrected chi connectivity index (χ2v) is 8.34. The first kappa shape index (κ1) is 20.4. The summed E-state index contributed by atoms with van der Waals surface area (Å²) in [5.74, 6) is 1.12. The van der Waals surface area contributed by atoms with Gasteiger partial charge in [-0.25, -0.2) is 4.79 Å². The Kier molecular flexibility index (Phi) is 5.22. The van der Waals surface area contributed by atoms with E-state index in [-0.39, 0.29) is 5.97 Å². The van der Waals surface area contributed by atoms with E-state index >= 15 is 0 Å². The van der Waals surface area contributed by atoms with Crippen molar-refractivity contribution in [3.8, 4) is 11.5 Å². The van der Waals surface area contributed by atoms with Gasteiger partial charge >= 0.3 is 5.97 Å². The number of para-hydroxylation sites is 2. The Bertz CT molecular complexity index is 1140. The highest BCUT2D eigenvalue weighted by atomic mass is 16.6. The molecular formula is C28H27NO3. The minimum Gasteiger partial charge on any atom is -0.456 e. The molecule has 2 aliphatic heterocycles. The molecule has 0 aliphatic carbocycles. The normalized spacial score (nSPS) is 14.7. The average Bonchev–Trinajstić information content (AvgIpc) is 3.11. The van der Waals surface area contributed by atoms with Gasteiger partial charge in [-0.15, -0.1) is 6.58 Å². The summed E-state index contributed by atoms with van der Waals surface area (Å²) in [7, 11) is 0. The van der Waals surface area contributed by atoms with Crippen molar-refractivity contribution in [2.75, 3.05) is 18.0 Å². The quantitative estimate of drug-likeness (QED) is 0.248. The number of anilines is 1. The molecular weight excluding hydrogens is 398 g/mol. The number of carbonyl (C=O) groups is 1. The average molecular weight is 426 g/mol. The summed E-state index contributed by atoms with van der Waals surface area (Å²) in [6.07, 6.45) is 5.39. The maximum Gasteiger partial charge on any atom is 0.340 e. The van der Waals surface area contributed by atoms with Crippen LogP contribution >= 0.6 is 0 Å². The molecule has 0 bridgehead atoms. The molecule has 4 nitrogen and oxygen atoms in total. The molecule has 1 spiro atoms. The molecule has 3 aromatic carbocycles. The van der Waals surface area contributed by atoms with Crippen molar-refractivity contribution in [1.82, 2.24) is 0 Å². The zero-order chi connectivity index (χ0) is 22.1. The second-order valence-electron chi connectivity index (χ2n) is 8.34. The Morgan fingerprint density at radius 1 is 0.938 bits per heavy atom. The van der Waals surface area contributed by atoms with Crippen molar-refractivity contribution >= 4 is 11.7 Å². The van der Waals surface area contributed by atoms with E-state index in [9.17, 15) is 4.79 Å². The largest absolute Gasteiger partial charge is 0.456 e. The minimum absolute atomic E-state index is 0.306. The van der Waals surface area contributed by atoms with Crippen molar-refractivity contribution in [2.45, 2.75) is 31.8 Å². The second kappa shape index (κ2) is 8.19. The van der Waals surface area contributed by atoms with E-state index in [1.165, 1.54) is 12.8 Å². The maximum absolute atomic E-state index is 13.1. The lowest BCUT2D eigenvalue weighted by atomic mass is 9.77. The van der Waals surface area contributed by atoms with Gasteiger partial charge in [-0.2, -0.15) is 0 Å². The number of nitrogens with zero attached hydrogens (tertiary/aromatic N) is 1. The number of hydrogen-bond acceptors (Lipinski definition) is 4. The van der Waals surface area contributed by atoms with Crippen LogP contribution < -0.4 is 9.64 Å². The molecule has 3 aromatic rings. The van der Waals surface area contributed by atoms with E-state index in [1.54, 1.807) is 0 Å². The lowest BCUT2D eigenvalue weighted by molar-refractivity contribution is 0.0224. The van der Waals surface area contributed by atoms with Gasteiger partial charge in [0, 0.05) is 35.5 Å². The van der Waals surface area contributed by atoms with E-state index in [1.807, 2.05) is 66.7 Å². The molecule has 2 aliphatic rings. The molecule has 0 amide bonds. The zero-order valence-corrected chi connectivity index (χ0v) is 18.3. The fraction of sp³-hybridized carbons (Fsp3) is 0.250. The topological polar surface area (TPSA) is 38.8 Å². The van der Waals surface area contributed by atoms with Crippen LogP contribution in [0.5, 0.6) is 11.5 Å². The summed E-state index contributed by atoms with van der Waals surface area (Å²) in [6, 6.07) is 21.7. The van der Waals surface area contributed by atoms with Crippen molar-refractivity contribution < 1.29 is 14.3 Å². The van der Waals surface area contributed by atoms with Crippen molar-refractivity contribution in [3.05, 3.63) is 102 Å². The van der Waals surface area contributed by atoms with Crippen molar-refractivity contribution in [1.29, 1.82) is 0 Å². The minimum atomic E-state index is -1.02. The molecule has 4 heteroatoms. The van der Waals surface area contributed by atoms with Crippen LogP contribution in [0.3, 0.4) is 0 Å². The van der Waals surface area contributed by atoms with Gasteiger partial charge in [-0.1, -0.05) is 62.2 Å². The Hall–Kier alpha value is -3.53. The van der Waals surface area contributed by atoms with Crippen LogP contribution in [0.25, 0.3) is 0 Å². The molecule has 0 aromatic heterocycles. The molecule has 0 atom stereocenters. The smallest absolute Gasteiger partial charge is 0.340 e. The third-order valence-corrected chi connectivity index (χ3v) is 6.35. The summed E-state index contributed by atoms with van der Waals surface area (Å²) in [5.41, 5.74) is 3.23. The van der Waals surface area contributed by atoms with Crippen LogP contribution in [-0.2, 0) is 10.3 Å². The van der Waals surface area contributed by atoms with E-state index < -0.39 is 5.60 Å². The van der Waals surface area contributed by atoms with Gasteiger partial charge in [0.15, 0.2) is 5.60 Å². The Labute approximate surface area is 189 Å². The van der Waals surface area contributed by atoms with E-state index in [2.05, 4.69) is 24.5 Å². The van der Waals surface area contributed by atoms with Crippen molar-refractivity contribution in [2.24, 2.45) is 0 Å². The van der Waals surface area contributed by atoms with Crippen LogP contribution in [0.2, 0.25) is 0 Å². The summed E-state index contributed by atoms with van der Waals surface area (Å²) >= 11 is 0. The number of esters is 1. The van der Waals surface area contributed by atoms with Crippen LogP contribution in [0.1, 0.15) is 53.2 Å². The number of carbonyl (C=O) groups excluding carboxylic acids is 1. The highest BCUT2D eigenvalue weighted by molar-refractivity contribution is 5.97. The molecule has 5 rings (SSSR count). The lowest BCUT2D eigenvalue weighted by Gasteiger charge is -2.36. The fourth-order valence-electron chi connectivity index (χ4n) is 4.84. The highest BCUT2D eigenvalue weighted by Crippen LogP contribution is 2.56. The predicted molar refractivity (Wildman–Crippen MR) is 127 cm³/mol. The molecule has 0 saturated carbocycles. The van der Waals surface area contributed by atoms with Crippen molar-refractivity contribution in [3.63, 3.8) is 0 Å². The number of hydrogen-bond donors (Lipinski definition) is 0. The molecule has 162 valence electrons. The molecule has 0 radical (unpaired) electrons. The third-order valence-electron chi connectivity index (χ3n) is 6.35. The lowest BCUT2D eigenvalue weighted by Crippen LogP contribution is -2.33. The molecule has 0 unspecified atom stereocenters. The van der Waals surface area contributed by atoms with Crippen LogP contribution in [-0.4, -0.2) is 19.1 Å². The number of fused-ring (bicyclic) bond motifs is 6. The first-order valence-corrected chi connectivity index (χ1v) is 11.3.